The molecule has 0 bridgehead atoms. The van der Waals surface area contributed by atoms with Gasteiger partial charge in [0.05, 0.1) is 0 Å². The molecular weight excluding hydrogens is 264 g/mol. The van der Waals surface area contributed by atoms with Gasteiger partial charge in [0.15, 0.2) is 5.82 Å². The molecule has 1 fully saturated rings. The summed E-state index contributed by atoms with van der Waals surface area (Å²) in [5, 5.41) is 9.46. The summed E-state index contributed by atoms with van der Waals surface area (Å²) in [5.41, 5.74) is -0.0897. The molecular formula is C15H13F2NO2. The number of benzene rings is 1. The van der Waals surface area contributed by atoms with E-state index in [1.807, 2.05) is 0 Å². The van der Waals surface area contributed by atoms with E-state index < -0.39 is 17.3 Å². The molecule has 3 rings (SSSR count). The maximum atomic E-state index is 14.2. The van der Waals surface area contributed by atoms with Crippen molar-refractivity contribution < 1.29 is 18.6 Å². The highest BCUT2D eigenvalue weighted by Gasteiger charge is 2.41. The molecule has 1 unspecified atom stereocenters. The van der Waals surface area contributed by atoms with Gasteiger partial charge in [-0.2, -0.15) is 0 Å². The zero-order valence-corrected chi connectivity index (χ0v) is 10.6. The number of nitrogens with zero attached hydrogens (tertiary/aromatic N) is 1. The summed E-state index contributed by atoms with van der Waals surface area (Å²) in [6.07, 6.45) is 2.67. The van der Waals surface area contributed by atoms with Crippen molar-refractivity contribution in [1.82, 2.24) is 4.98 Å². The fraction of sp³-hybridized carbons (Fsp3) is 0.267. The number of rotatable bonds is 2. The highest BCUT2D eigenvalue weighted by Crippen LogP contribution is 2.44. The average Bonchev–Trinajstić information content (AvgIpc) is 2.93. The van der Waals surface area contributed by atoms with Gasteiger partial charge in [0.2, 0.25) is 5.88 Å². The van der Waals surface area contributed by atoms with E-state index in [0.717, 1.165) is 6.42 Å². The normalized spacial score (nSPS) is 22.1. The molecule has 1 aliphatic heterocycles. The van der Waals surface area contributed by atoms with Crippen LogP contribution in [0.5, 0.6) is 5.88 Å². The first kappa shape index (κ1) is 13.0. The Morgan fingerprint density at radius 3 is 2.55 bits per heavy atom. The molecule has 104 valence electrons. The molecule has 3 nitrogen and oxygen atoms in total. The molecule has 1 aromatic carbocycles. The van der Waals surface area contributed by atoms with Gasteiger partial charge in [-0.1, -0.05) is 12.1 Å². The number of pyridine rings is 1. The molecule has 1 aromatic heterocycles. The minimum Gasteiger partial charge on any atom is -0.491 e. The van der Waals surface area contributed by atoms with Gasteiger partial charge in [0.25, 0.3) is 0 Å². The predicted molar refractivity (Wildman–Crippen MR) is 68.2 cm³/mol. The van der Waals surface area contributed by atoms with Crippen LogP contribution < -0.4 is 0 Å². The summed E-state index contributed by atoms with van der Waals surface area (Å²) >= 11 is 0. The lowest BCUT2D eigenvalue weighted by molar-refractivity contribution is 0.0325. The van der Waals surface area contributed by atoms with Gasteiger partial charge in [-0.15, -0.1) is 0 Å². The number of aromatic nitrogens is 1. The Morgan fingerprint density at radius 2 is 1.90 bits per heavy atom. The van der Waals surface area contributed by atoms with Crippen LogP contribution >= 0.6 is 0 Å². The number of halogens is 2. The minimum absolute atomic E-state index is 0.231. The largest absolute Gasteiger partial charge is 0.491 e. The van der Waals surface area contributed by atoms with Crippen molar-refractivity contribution in [2.45, 2.75) is 18.4 Å². The van der Waals surface area contributed by atoms with E-state index in [1.165, 1.54) is 24.4 Å². The van der Waals surface area contributed by atoms with Crippen LogP contribution in [0.25, 0.3) is 0 Å². The quantitative estimate of drug-likeness (QED) is 0.917. The lowest BCUT2D eigenvalue weighted by Crippen LogP contribution is -2.28. The standard InChI is InChI=1S/C15H13F2NO2/c16-11-4-2-10(3-5-11)15(7-1-9-20-15)12-6-8-18-14(19)13(12)17/h2-6,8H,1,7,9H2,(H,18,19). The molecule has 0 saturated carbocycles. The number of ether oxygens (including phenoxy) is 1. The number of aromatic hydroxyl groups is 1. The van der Waals surface area contributed by atoms with Crippen LogP contribution in [0.4, 0.5) is 8.78 Å². The Balaban J connectivity index is 2.17. The second-order valence-corrected chi connectivity index (χ2v) is 4.78. The van der Waals surface area contributed by atoms with Gasteiger partial charge in [0, 0.05) is 18.4 Å². The van der Waals surface area contributed by atoms with Gasteiger partial charge >= 0.3 is 0 Å². The zero-order chi connectivity index (χ0) is 14.2. The summed E-state index contributed by atoms with van der Waals surface area (Å²) in [5.74, 6) is -1.81. The predicted octanol–water partition coefficient (Wildman–Crippen LogP) is 3.12. The van der Waals surface area contributed by atoms with Gasteiger partial charge in [-0.05, 0) is 36.6 Å². The number of hydrogen-bond donors (Lipinski definition) is 1. The second kappa shape index (κ2) is 4.83. The molecule has 1 N–H and O–H groups in total. The van der Waals surface area contributed by atoms with Crippen molar-refractivity contribution in [3.63, 3.8) is 0 Å². The SMILES string of the molecule is Oc1nccc(C2(c3ccc(F)cc3)CCCO2)c1F. The van der Waals surface area contributed by atoms with E-state index >= 15 is 0 Å². The monoisotopic (exact) mass is 277 g/mol. The van der Waals surface area contributed by atoms with Crippen molar-refractivity contribution in [3.05, 3.63) is 59.3 Å². The van der Waals surface area contributed by atoms with E-state index in [1.54, 1.807) is 12.1 Å². The summed E-state index contributed by atoms with van der Waals surface area (Å²) in [6.45, 7) is 0.486. The van der Waals surface area contributed by atoms with E-state index in [2.05, 4.69) is 4.98 Å². The average molecular weight is 277 g/mol. The van der Waals surface area contributed by atoms with Crippen molar-refractivity contribution in [3.8, 4) is 5.88 Å². The highest BCUT2D eigenvalue weighted by atomic mass is 19.1. The first-order chi connectivity index (χ1) is 9.63. The van der Waals surface area contributed by atoms with E-state index in [-0.39, 0.29) is 11.4 Å². The molecule has 0 spiro atoms. The Hall–Kier alpha value is -2.01. The zero-order valence-electron chi connectivity index (χ0n) is 10.6. The van der Waals surface area contributed by atoms with Crippen LogP contribution in [-0.4, -0.2) is 16.7 Å². The van der Waals surface area contributed by atoms with Crippen molar-refractivity contribution in [2.75, 3.05) is 6.61 Å². The first-order valence-corrected chi connectivity index (χ1v) is 6.37. The maximum Gasteiger partial charge on any atom is 0.248 e. The van der Waals surface area contributed by atoms with Crippen molar-refractivity contribution in [1.29, 1.82) is 0 Å². The first-order valence-electron chi connectivity index (χ1n) is 6.37. The Labute approximate surface area is 114 Å². The maximum absolute atomic E-state index is 14.2. The second-order valence-electron chi connectivity index (χ2n) is 4.78. The third-order valence-electron chi connectivity index (χ3n) is 3.64. The minimum atomic E-state index is -0.988. The van der Waals surface area contributed by atoms with Crippen LogP contribution in [0, 0.1) is 11.6 Å². The smallest absolute Gasteiger partial charge is 0.248 e. The fourth-order valence-electron chi connectivity index (χ4n) is 2.70. The summed E-state index contributed by atoms with van der Waals surface area (Å²) in [4.78, 5) is 3.51. The summed E-state index contributed by atoms with van der Waals surface area (Å²) in [7, 11) is 0. The van der Waals surface area contributed by atoms with Gasteiger partial charge in [-0.3, -0.25) is 0 Å². The molecule has 1 atom stereocenters. The highest BCUT2D eigenvalue weighted by molar-refractivity contribution is 5.39. The van der Waals surface area contributed by atoms with Crippen LogP contribution in [0.2, 0.25) is 0 Å². The van der Waals surface area contributed by atoms with E-state index in [9.17, 15) is 13.9 Å². The Morgan fingerprint density at radius 1 is 1.15 bits per heavy atom. The van der Waals surface area contributed by atoms with Crippen LogP contribution in [0.1, 0.15) is 24.0 Å². The van der Waals surface area contributed by atoms with Crippen LogP contribution in [-0.2, 0) is 10.3 Å². The van der Waals surface area contributed by atoms with Gasteiger partial charge < -0.3 is 9.84 Å². The fourth-order valence-corrected chi connectivity index (χ4v) is 2.70. The van der Waals surface area contributed by atoms with Gasteiger partial charge in [0.1, 0.15) is 11.4 Å². The van der Waals surface area contributed by atoms with Crippen molar-refractivity contribution in [2.24, 2.45) is 0 Å². The summed E-state index contributed by atoms with van der Waals surface area (Å²) < 4.78 is 33.1. The third kappa shape index (κ3) is 1.94. The molecule has 1 aliphatic rings. The third-order valence-corrected chi connectivity index (χ3v) is 3.64. The molecule has 0 radical (unpaired) electrons. The Bertz CT molecular complexity index is 622. The number of hydrogen-bond acceptors (Lipinski definition) is 3. The van der Waals surface area contributed by atoms with Crippen LogP contribution in [0.15, 0.2) is 36.5 Å². The Kier molecular flexibility index (Phi) is 3.14. The molecule has 20 heavy (non-hydrogen) atoms. The lowest BCUT2D eigenvalue weighted by Gasteiger charge is -2.29. The van der Waals surface area contributed by atoms with Gasteiger partial charge in [-0.25, -0.2) is 13.8 Å². The lowest BCUT2D eigenvalue weighted by atomic mass is 9.84. The summed E-state index contributed by atoms with van der Waals surface area (Å²) in [6, 6.07) is 7.29. The topological polar surface area (TPSA) is 42.4 Å². The molecule has 0 aliphatic carbocycles. The van der Waals surface area contributed by atoms with E-state index in [4.69, 9.17) is 4.74 Å². The molecule has 2 heterocycles. The molecule has 1 saturated heterocycles. The molecule has 0 amide bonds. The molecule has 5 heteroatoms. The van der Waals surface area contributed by atoms with Crippen molar-refractivity contribution >= 4 is 0 Å². The van der Waals surface area contributed by atoms with Crippen LogP contribution in [0.3, 0.4) is 0 Å². The molecule has 2 aromatic rings. The van der Waals surface area contributed by atoms with E-state index in [0.29, 0.717) is 18.6 Å².